The lowest BCUT2D eigenvalue weighted by Crippen LogP contribution is -2.46. The van der Waals surface area contributed by atoms with E-state index in [1.165, 1.54) is 16.9 Å². The lowest BCUT2D eigenvalue weighted by Gasteiger charge is -2.37. The minimum Gasteiger partial charge on any atom is -0.368 e. The molecule has 0 atom stereocenters. The van der Waals surface area contributed by atoms with Crippen LogP contribution >= 0.6 is 15.9 Å². The summed E-state index contributed by atoms with van der Waals surface area (Å²) >= 11 is 3.53. The van der Waals surface area contributed by atoms with Crippen molar-refractivity contribution in [3.63, 3.8) is 0 Å². The van der Waals surface area contributed by atoms with Crippen LogP contribution in [-0.2, 0) is 13.0 Å². The van der Waals surface area contributed by atoms with Gasteiger partial charge < -0.3 is 15.1 Å². The number of aryl methyl sites for hydroxylation is 2. The Hall–Kier alpha value is -3.32. The van der Waals surface area contributed by atoms with E-state index in [0.29, 0.717) is 18.7 Å². The molecule has 180 valence electrons. The van der Waals surface area contributed by atoms with Crippen molar-refractivity contribution in [1.82, 2.24) is 14.7 Å². The highest BCUT2D eigenvalue weighted by atomic mass is 79.9. The smallest absolute Gasteiger partial charge is 0.270 e. The van der Waals surface area contributed by atoms with Crippen LogP contribution in [0.15, 0.2) is 71.3 Å². The fourth-order valence-corrected chi connectivity index (χ4v) is 5.07. The number of rotatable bonds is 6. The van der Waals surface area contributed by atoms with Crippen molar-refractivity contribution in [2.75, 3.05) is 36.0 Å². The van der Waals surface area contributed by atoms with Crippen molar-refractivity contribution in [1.29, 1.82) is 0 Å². The molecule has 0 aliphatic carbocycles. The predicted molar refractivity (Wildman–Crippen MR) is 145 cm³/mol. The summed E-state index contributed by atoms with van der Waals surface area (Å²) in [6.45, 7) is 8.63. The Balaban J connectivity index is 1.20. The van der Waals surface area contributed by atoms with E-state index in [1.54, 1.807) is 0 Å². The maximum atomic E-state index is 13.1. The molecular formula is C28H30BrN5O. The van der Waals surface area contributed by atoms with Gasteiger partial charge in [-0.25, -0.2) is 4.98 Å². The second kappa shape index (κ2) is 10.1. The van der Waals surface area contributed by atoms with Gasteiger partial charge in [-0.15, -0.1) is 0 Å². The number of pyridine rings is 1. The molecule has 0 radical (unpaired) electrons. The van der Waals surface area contributed by atoms with Crippen LogP contribution in [0.5, 0.6) is 0 Å². The normalized spacial score (nSPS) is 13.9. The first-order chi connectivity index (χ1) is 17.0. The Morgan fingerprint density at radius 3 is 2.14 bits per heavy atom. The minimum absolute atomic E-state index is 0.108. The second-order valence-electron chi connectivity index (χ2n) is 8.97. The zero-order valence-corrected chi connectivity index (χ0v) is 21.8. The first-order valence-electron chi connectivity index (χ1n) is 12.1. The van der Waals surface area contributed by atoms with E-state index in [4.69, 9.17) is 0 Å². The van der Waals surface area contributed by atoms with E-state index in [-0.39, 0.29) is 5.91 Å². The largest absolute Gasteiger partial charge is 0.368 e. The third-order valence-electron chi connectivity index (χ3n) is 6.66. The van der Waals surface area contributed by atoms with Crippen LogP contribution in [0.25, 0.3) is 5.65 Å². The number of imidazole rings is 1. The number of carbonyl (C=O) groups excluding carboxylic acids is 1. The molecule has 3 heterocycles. The molecule has 1 aliphatic rings. The molecule has 1 fully saturated rings. The third kappa shape index (κ3) is 4.91. The summed E-state index contributed by atoms with van der Waals surface area (Å²) in [7, 11) is 0. The summed E-state index contributed by atoms with van der Waals surface area (Å²) in [5.74, 6) is -0.108. The highest BCUT2D eigenvalue weighted by Gasteiger charge is 2.20. The number of nitrogens with zero attached hydrogens (tertiary/aromatic N) is 4. The highest BCUT2D eigenvalue weighted by Crippen LogP contribution is 2.23. The molecular weight excluding hydrogens is 502 g/mol. The molecule has 0 saturated carbocycles. The summed E-state index contributed by atoms with van der Waals surface area (Å²) in [4.78, 5) is 22.6. The zero-order valence-electron chi connectivity index (χ0n) is 20.2. The van der Waals surface area contributed by atoms with E-state index in [1.807, 2.05) is 29.7 Å². The Bertz CT molecular complexity index is 1320. The first-order valence-corrected chi connectivity index (χ1v) is 12.9. The first kappa shape index (κ1) is 23.4. The van der Waals surface area contributed by atoms with Gasteiger partial charge in [0.2, 0.25) is 0 Å². The molecule has 1 aliphatic heterocycles. The predicted octanol–water partition coefficient (Wildman–Crippen LogP) is 5.22. The minimum atomic E-state index is -0.108. The summed E-state index contributed by atoms with van der Waals surface area (Å²) in [6.07, 6.45) is 2.58. The summed E-state index contributed by atoms with van der Waals surface area (Å²) in [5, 5.41) is 3.08. The monoisotopic (exact) mass is 531 g/mol. The molecule has 2 aromatic heterocycles. The Kier molecular flexibility index (Phi) is 6.77. The molecule has 5 rings (SSSR count). The number of nitrogens with one attached hydrogen (secondary N) is 1. The van der Waals surface area contributed by atoms with Crippen LogP contribution in [-0.4, -0.2) is 41.5 Å². The molecule has 0 unspecified atom stereocenters. The van der Waals surface area contributed by atoms with Gasteiger partial charge in [0.15, 0.2) is 5.65 Å². The van der Waals surface area contributed by atoms with E-state index in [0.717, 1.165) is 47.6 Å². The molecule has 4 aromatic rings. The summed E-state index contributed by atoms with van der Waals surface area (Å²) < 4.78 is 2.74. The van der Waals surface area contributed by atoms with E-state index in [9.17, 15) is 4.79 Å². The number of hydrogen-bond donors (Lipinski definition) is 1. The van der Waals surface area contributed by atoms with Crippen molar-refractivity contribution in [2.24, 2.45) is 0 Å². The molecule has 7 heteroatoms. The topological polar surface area (TPSA) is 52.9 Å². The summed E-state index contributed by atoms with van der Waals surface area (Å²) in [5.41, 5.74) is 7.06. The van der Waals surface area contributed by atoms with Gasteiger partial charge in [0.1, 0.15) is 5.69 Å². The molecule has 0 bridgehead atoms. The van der Waals surface area contributed by atoms with Gasteiger partial charge in [-0.1, -0.05) is 36.8 Å². The number of piperazine rings is 1. The van der Waals surface area contributed by atoms with Crippen LogP contribution in [0.4, 0.5) is 11.4 Å². The number of carbonyl (C=O) groups is 1. The van der Waals surface area contributed by atoms with Gasteiger partial charge in [0.05, 0.1) is 10.2 Å². The molecule has 1 saturated heterocycles. The maximum Gasteiger partial charge on any atom is 0.270 e. The number of benzene rings is 2. The number of anilines is 2. The van der Waals surface area contributed by atoms with Crippen LogP contribution < -0.4 is 15.1 Å². The van der Waals surface area contributed by atoms with E-state index < -0.39 is 0 Å². The number of fused-ring (bicyclic) bond motifs is 1. The average Bonchev–Trinajstić information content (AvgIpc) is 3.28. The maximum absolute atomic E-state index is 13.1. The van der Waals surface area contributed by atoms with Gasteiger partial charge in [-0.05, 0) is 71.2 Å². The average molecular weight is 532 g/mol. The number of halogens is 1. The van der Waals surface area contributed by atoms with Gasteiger partial charge in [0, 0.05) is 50.3 Å². The molecule has 35 heavy (non-hydrogen) atoms. The van der Waals surface area contributed by atoms with Crippen molar-refractivity contribution < 1.29 is 4.79 Å². The van der Waals surface area contributed by atoms with Gasteiger partial charge in [-0.2, -0.15) is 0 Å². The number of amides is 1. The fraction of sp³-hybridized carbons (Fsp3) is 0.286. The number of aromatic nitrogens is 2. The van der Waals surface area contributed by atoms with Crippen molar-refractivity contribution in [3.8, 4) is 0 Å². The number of hydrogen-bond acceptors (Lipinski definition) is 4. The van der Waals surface area contributed by atoms with Gasteiger partial charge >= 0.3 is 0 Å². The molecule has 1 N–H and O–H groups in total. The zero-order chi connectivity index (χ0) is 24.4. The highest BCUT2D eigenvalue weighted by molar-refractivity contribution is 9.10. The SMILES string of the molecule is CCc1nc2c(Br)cccn2c1C(=O)NCc1ccc(N2CCN(c3ccc(C)cc3)CC2)cc1. The standard InChI is InChI=1S/C28H30BrN5O/c1-3-25-26(34-14-4-5-24(29)27(34)31-25)28(35)30-19-21-8-12-23(13-9-21)33-17-15-32(16-18-33)22-10-6-20(2)7-11-22/h4-14H,3,15-19H2,1-2H3,(H,30,35). The second-order valence-corrected chi connectivity index (χ2v) is 9.82. The summed E-state index contributed by atoms with van der Waals surface area (Å²) in [6, 6.07) is 21.2. The van der Waals surface area contributed by atoms with E-state index >= 15 is 0 Å². The van der Waals surface area contributed by atoms with Gasteiger partial charge in [-0.3, -0.25) is 9.20 Å². The molecule has 1 amide bonds. The van der Waals surface area contributed by atoms with Crippen LogP contribution in [0, 0.1) is 6.92 Å². The lowest BCUT2D eigenvalue weighted by molar-refractivity contribution is 0.0944. The Morgan fingerprint density at radius 1 is 0.943 bits per heavy atom. The van der Waals surface area contributed by atoms with Crippen molar-refractivity contribution in [3.05, 3.63) is 93.8 Å². The Labute approximate surface area is 214 Å². The lowest BCUT2D eigenvalue weighted by atomic mass is 10.1. The third-order valence-corrected chi connectivity index (χ3v) is 7.28. The van der Waals surface area contributed by atoms with E-state index in [2.05, 4.69) is 91.5 Å². The van der Waals surface area contributed by atoms with Crippen molar-refractivity contribution >= 4 is 38.9 Å². The van der Waals surface area contributed by atoms with Gasteiger partial charge in [0.25, 0.3) is 5.91 Å². The Morgan fingerprint density at radius 2 is 1.54 bits per heavy atom. The van der Waals surface area contributed by atoms with Crippen LogP contribution in [0.2, 0.25) is 0 Å². The van der Waals surface area contributed by atoms with Crippen LogP contribution in [0.1, 0.15) is 34.2 Å². The van der Waals surface area contributed by atoms with Crippen LogP contribution in [0.3, 0.4) is 0 Å². The fourth-order valence-electron chi connectivity index (χ4n) is 4.64. The van der Waals surface area contributed by atoms with Crippen molar-refractivity contribution in [2.45, 2.75) is 26.8 Å². The quantitative estimate of drug-likeness (QED) is 0.370. The molecule has 2 aromatic carbocycles. The molecule has 0 spiro atoms. The molecule has 6 nitrogen and oxygen atoms in total.